The van der Waals surface area contributed by atoms with Gasteiger partial charge in [-0.3, -0.25) is 14.4 Å². The number of hydrogen-bond acceptors (Lipinski definition) is 9. The Kier molecular flexibility index (Phi) is 9.93. The summed E-state index contributed by atoms with van der Waals surface area (Å²) in [5, 5.41) is 14.7. The van der Waals surface area contributed by atoms with Gasteiger partial charge in [0, 0.05) is 44.1 Å². The zero-order valence-electron chi connectivity index (χ0n) is 25.6. The smallest absolute Gasteiger partial charge is 0.326 e. The van der Waals surface area contributed by atoms with Crippen LogP contribution in [-0.2, 0) is 49.6 Å². The molecule has 1 spiro atoms. The van der Waals surface area contributed by atoms with Crippen molar-refractivity contribution >= 4 is 23.8 Å². The average Bonchev–Trinajstić information content (AvgIpc) is 3.22. The van der Waals surface area contributed by atoms with Crippen LogP contribution in [0.25, 0.3) is 0 Å². The van der Waals surface area contributed by atoms with E-state index in [1.54, 1.807) is 12.1 Å². The summed E-state index contributed by atoms with van der Waals surface area (Å²) in [5.41, 5.74) is 0.0582. The molecule has 1 aromatic rings. The fourth-order valence-corrected chi connectivity index (χ4v) is 7.29. The summed E-state index contributed by atoms with van der Waals surface area (Å²) in [5.74, 6) is -2.86. The first-order chi connectivity index (χ1) is 21.0. The quantitative estimate of drug-likeness (QED) is 0.181. The van der Waals surface area contributed by atoms with Gasteiger partial charge in [0.05, 0.1) is 6.42 Å². The minimum Gasteiger partial charge on any atom is -0.480 e. The summed E-state index contributed by atoms with van der Waals surface area (Å²) < 4.78 is 18.3. The molecule has 0 unspecified atom stereocenters. The molecule has 2 amide bonds. The van der Waals surface area contributed by atoms with Crippen LogP contribution in [-0.4, -0.2) is 65.4 Å². The molecule has 6 rings (SSSR count). The molecule has 4 heterocycles. The molecular weight excluding hydrogens is 572 g/mol. The number of nitrogens with one attached hydrogen (secondary N) is 2. The molecule has 12 nitrogen and oxygen atoms in total. The van der Waals surface area contributed by atoms with Crippen molar-refractivity contribution in [1.29, 1.82) is 0 Å². The molecule has 5 aliphatic rings. The Morgan fingerprint density at radius 3 is 2.52 bits per heavy atom. The number of ether oxygens (including phenoxy) is 3. The molecule has 0 radical (unpaired) electrons. The number of esters is 1. The zero-order valence-corrected chi connectivity index (χ0v) is 25.6. The van der Waals surface area contributed by atoms with Crippen LogP contribution in [0, 0.1) is 23.7 Å². The topological polar surface area (TPSA) is 159 Å². The zero-order chi connectivity index (χ0) is 31.5. The van der Waals surface area contributed by atoms with Crippen molar-refractivity contribution in [3.63, 3.8) is 0 Å². The van der Waals surface area contributed by atoms with Gasteiger partial charge in [-0.1, -0.05) is 44.2 Å². The lowest BCUT2D eigenvalue weighted by molar-refractivity contribution is -0.576. The molecule has 242 valence electrons. The number of benzene rings is 1. The molecule has 44 heavy (non-hydrogen) atoms. The van der Waals surface area contributed by atoms with E-state index in [1.807, 2.05) is 32.0 Å². The predicted molar refractivity (Wildman–Crippen MR) is 154 cm³/mol. The van der Waals surface area contributed by atoms with Crippen molar-refractivity contribution in [3.8, 4) is 0 Å². The molecule has 9 atom stereocenters. The van der Waals surface area contributed by atoms with E-state index >= 15 is 0 Å². The third-order valence-electron chi connectivity index (χ3n) is 9.72. The van der Waals surface area contributed by atoms with Gasteiger partial charge in [-0.05, 0) is 50.0 Å². The Labute approximate surface area is 257 Å². The maximum Gasteiger partial charge on any atom is 0.326 e. The number of aliphatic carboxylic acids is 1. The van der Waals surface area contributed by atoms with E-state index in [9.17, 15) is 24.3 Å². The number of fused-ring (bicyclic) bond motifs is 2. The highest BCUT2D eigenvalue weighted by Gasteiger charge is 2.69. The molecule has 1 aliphatic carbocycles. The molecule has 1 aromatic carbocycles. The lowest BCUT2D eigenvalue weighted by Crippen LogP contribution is -2.70. The third kappa shape index (κ3) is 6.93. The third-order valence-corrected chi connectivity index (χ3v) is 9.72. The first kappa shape index (κ1) is 32.3. The lowest BCUT2D eigenvalue weighted by Gasteiger charge is -2.59. The van der Waals surface area contributed by atoms with Crippen LogP contribution in [0.5, 0.6) is 0 Å². The van der Waals surface area contributed by atoms with Gasteiger partial charge < -0.3 is 30.0 Å². The second-order valence-corrected chi connectivity index (χ2v) is 12.9. The van der Waals surface area contributed by atoms with Crippen LogP contribution in [0.2, 0.25) is 0 Å². The summed E-state index contributed by atoms with van der Waals surface area (Å²) in [7, 11) is 0. The van der Waals surface area contributed by atoms with Crippen LogP contribution in [0.15, 0.2) is 30.3 Å². The second-order valence-electron chi connectivity index (χ2n) is 12.9. The van der Waals surface area contributed by atoms with Gasteiger partial charge in [0.15, 0.2) is 11.9 Å². The number of carboxylic acids is 1. The van der Waals surface area contributed by atoms with Crippen molar-refractivity contribution in [3.05, 3.63) is 35.9 Å². The minimum absolute atomic E-state index is 0.0208. The number of rotatable bonds is 12. The second kappa shape index (κ2) is 13.5. The Morgan fingerprint density at radius 2 is 1.77 bits per heavy atom. The minimum atomic E-state index is -1.11. The molecule has 5 fully saturated rings. The Balaban J connectivity index is 1.03. The molecule has 12 heteroatoms. The number of carboxylic acid groups (broad SMARTS) is 1. The van der Waals surface area contributed by atoms with E-state index in [-0.39, 0.29) is 55.9 Å². The molecule has 0 aromatic heterocycles. The molecular formula is C32H44N2O10. The van der Waals surface area contributed by atoms with Crippen molar-refractivity contribution < 1.29 is 48.3 Å². The molecule has 1 saturated carbocycles. The van der Waals surface area contributed by atoms with Crippen molar-refractivity contribution in [2.75, 3.05) is 6.54 Å². The Morgan fingerprint density at radius 1 is 1.00 bits per heavy atom. The summed E-state index contributed by atoms with van der Waals surface area (Å²) in [6.45, 7) is 6.27. The van der Waals surface area contributed by atoms with E-state index in [1.165, 1.54) is 0 Å². The normalized spacial score (nSPS) is 34.6. The first-order valence-electron chi connectivity index (χ1n) is 15.7. The van der Waals surface area contributed by atoms with E-state index in [2.05, 4.69) is 17.6 Å². The Hall–Kier alpha value is -3.06. The molecule has 4 aliphatic heterocycles. The van der Waals surface area contributed by atoms with Gasteiger partial charge in [-0.15, -0.1) is 0 Å². The largest absolute Gasteiger partial charge is 0.480 e. The number of hydrogen-bond donors (Lipinski definition) is 3. The fourth-order valence-electron chi connectivity index (χ4n) is 7.29. The van der Waals surface area contributed by atoms with Crippen LogP contribution in [0.3, 0.4) is 0 Å². The van der Waals surface area contributed by atoms with Crippen LogP contribution in [0.4, 0.5) is 0 Å². The molecule has 3 N–H and O–H groups in total. The summed E-state index contributed by atoms with van der Waals surface area (Å²) in [6, 6.07) is 8.02. The highest BCUT2D eigenvalue weighted by Crippen LogP contribution is 2.60. The SMILES string of the molecule is C[C@@H]1[C@H](OC(=O)CCC(=O)NCCCC(=O)N[C@@H](Cc2ccccc2)C(=O)O)O[C@H]2O[C@@]3(C)CC[C@H]4[C@H](C)CC[C@H]1[C@@]24OO3. The fraction of sp³-hybridized carbons (Fsp3) is 0.688. The molecule has 2 bridgehead atoms. The van der Waals surface area contributed by atoms with Crippen LogP contribution >= 0.6 is 0 Å². The van der Waals surface area contributed by atoms with E-state index < -0.39 is 47.9 Å². The summed E-state index contributed by atoms with van der Waals surface area (Å²) >= 11 is 0. The predicted octanol–water partition coefficient (Wildman–Crippen LogP) is 3.23. The van der Waals surface area contributed by atoms with Gasteiger partial charge in [-0.25, -0.2) is 14.6 Å². The summed E-state index contributed by atoms with van der Waals surface area (Å²) in [6.07, 6.45) is 2.29. The van der Waals surface area contributed by atoms with E-state index in [0.717, 1.165) is 24.8 Å². The lowest BCUT2D eigenvalue weighted by atomic mass is 9.58. The maximum absolute atomic E-state index is 12.8. The number of amides is 2. The van der Waals surface area contributed by atoms with Crippen LogP contribution in [0.1, 0.15) is 77.7 Å². The Bertz CT molecular complexity index is 1210. The van der Waals surface area contributed by atoms with Gasteiger partial charge >= 0.3 is 11.9 Å². The standard InChI is InChI=1S/C32H44N2O10/c1-19-11-12-23-20(2)29(41-30-32(23)22(19)15-16-31(3,42-30)43-44-32)40-27(37)14-13-25(35)33-17-7-10-26(36)34-24(28(38)39)18-21-8-5-4-6-9-21/h4-6,8-9,19-20,22-24,29-30H,7,10-18H2,1-3H3,(H,33,35)(H,34,36)(H,38,39)/t19-,20+,22+,23-,24+,29-,30+,31-,32-/m1/s1. The van der Waals surface area contributed by atoms with Crippen LogP contribution < -0.4 is 10.6 Å². The number of carbonyl (C=O) groups is 4. The highest BCUT2D eigenvalue weighted by atomic mass is 17.3. The van der Waals surface area contributed by atoms with Gasteiger partial charge in [-0.2, -0.15) is 0 Å². The maximum atomic E-state index is 12.8. The van der Waals surface area contributed by atoms with Crippen molar-refractivity contribution in [2.24, 2.45) is 23.7 Å². The molecule has 4 saturated heterocycles. The monoisotopic (exact) mass is 616 g/mol. The number of carbonyl (C=O) groups excluding carboxylic acids is 3. The van der Waals surface area contributed by atoms with E-state index in [0.29, 0.717) is 18.8 Å². The summed E-state index contributed by atoms with van der Waals surface area (Å²) in [4.78, 5) is 60.9. The van der Waals surface area contributed by atoms with Crippen molar-refractivity contribution in [2.45, 2.75) is 109 Å². The van der Waals surface area contributed by atoms with Gasteiger partial charge in [0.25, 0.3) is 0 Å². The average molecular weight is 617 g/mol. The van der Waals surface area contributed by atoms with E-state index in [4.69, 9.17) is 24.0 Å². The van der Waals surface area contributed by atoms with Gasteiger partial charge in [0.2, 0.25) is 23.9 Å². The van der Waals surface area contributed by atoms with Gasteiger partial charge in [0.1, 0.15) is 6.04 Å². The first-order valence-corrected chi connectivity index (χ1v) is 15.7. The highest BCUT2D eigenvalue weighted by molar-refractivity contribution is 5.84. The van der Waals surface area contributed by atoms with Crippen molar-refractivity contribution in [1.82, 2.24) is 10.6 Å².